The lowest BCUT2D eigenvalue weighted by molar-refractivity contribution is 0.0752. The number of nitrogens with zero attached hydrogens (tertiary/aromatic N) is 1. The van der Waals surface area contributed by atoms with Crippen LogP contribution in [0.3, 0.4) is 0 Å². The number of furan rings is 1. The molecule has 1 amide bonds. The third kappa shape index (κ3) is 3.64. The molecule has 0 spiro atoms. The van der Waals surface area contributed by atoms with Crippen LogP contribution < -0.4 is 0 Å². The number of benzene rings is 1. The largest absolute Gasteiger partial charge is 0.444 e. The van der Waals surface area contributed by atoms with Crippen molar-refractivity contribution in [3.05, 3.63) is 52.4 Å². The van der Waals surface area contributed by atoms with Gasteiger partial charge in [0.05, 0.1) is 0 Å². The van der Waals surface area contributed by atoms with E-state index in [-0.39, 0.29) is 5.91 Å². The van der Waals surface area contributed by atoms with Crippen LogP contribution in [0.15, 0.2) is 50.4 Å². The Morgan fingerprint density at radius 2 is 1.95 bits per heavy atom. The highest BCUT2D eigenvalue weighted by Crippen LogP contribution is 2.18. The van der Waals surface area contributed by atoms with E-state index in [4.69, 9.17) is 4.42 Å². The molecule has 0 atom stereocenters. The quantitative estimate of drug-likeness (QED) is 0.788. The number of hydrogen-bond acceptors (Lipinski definition) is 3. The van der Waals surface area contributed by atoms with E-state index in [0.29, 0.717) is 17.0 Å². The summed E-state index contributed by atoms with van der Waals surface area (Å²) >= 11 is 4.89. The molecule has 1 aromatic carbocycles. The number of carbonyl (C=O) groups excluding carboxylic acids is 1. The molecule has 0 saturated carbocycles. The minimum Gasteiger partial charge on any atom is -0.444 e. The van der Waals surface area contributed by atoms with Crippen molar-refractivity contribution in [3.63, 3.8) is 0 Å². The van der Waals surface area contributed by atoms with Crippen LogP contribution in [-0.4, -0.2) is 24.1 Å². The van der Waals surface area contributed by atoms with Crippen LogP contribution in [0.1, 0.15) is 16.1 Å². The van der Waals surface area contributed by atoms with Crippen LogP contribution in [0.2, 0.25) is 0 Å². The molecule has 0 fully saturated rings. The van der Waals surface area contributed by atoms with Gasteiger partial charge in [-0.05, 0) is 52.0 Å². The average Bonchev–Trinajstić information content (AvgIpc) is 2.85. The second kappa shape index (κ2) is 6.30. The SMILES string of the molecule is CSc1ccc(CN(C)C(=O)c2ccc(Br)o2)cc1. The standard InChI is InChI=1S/C14H14BrNO2S/c1-16(14(17)12-7-8-13(15)18-12)9-10-3-5-11(19-2)6-4-10/h3-8H,9H2,1-2H3. The highest BCUT2D eigenvalue weighted by molar-refractivity contribution is 9.10. The maximum Gasteiger partial charge on any atom is 0.289 e. The van der Waals surface area contributed by atoms with Gasteiger partial charge in [0.25, 0.3) is 5.91 Å². The molecule has 100 valence electrons. The van der Waals surface area contributed by atoms with Gasteiger partial charge in [0, 0.05) is 18.5 Å². The molecule has 2 aromatic rings. The summed E-state index contributed by atoms with van der Waals surface area (Å²) in [6.07, 6.45) is 2.04. The summed E-state index contributed by atoms with van der Waals surface area (Å²) in [6, 6.07) is 11.6. The highest BCUT2D eigenvalue weighted by Gasteiger charge is 2.15. The van der Waals surface area contributed by atoms with Gasteiger partial charge in [0.2, 0.25) is 0 Å². The first-order chi connectivity index (χ1) is 9.10. The number of hydrogen-bond donors (Lipinski definition) is 0. The number of carbonyl (C=O) groups is 1. The van der Waals surface area contributed by atoms with Gasteiger partial charge in [-0.25, -0.2) is 0 Å². The van der Waals surface area contributed by atoms with Crippen LogP contribution >= 0.6 is 27.7 Å². The van der Waals surface area contributed by atoms with Crippen molar-refractivity contribution in [2.75, 3.05) is 13.3 Å². The maximum atomic E-state index is 12.1. The molecule has 19 heavy (non-hydrogen) atoms. The van der Waals surface area contributed by atoms with Gasteiger partial charge < -0.3 is 9.32 Å². The lowest BCUT2D eigenvalue weighted by atomic mass is 10.2. The molecule has 0 radical (unpaired) electrons. The van der Waals surface area contributed by atoms with Crippen LogP contribution in [0.4, 0.5) is 0 Å². The van der Waals surface area contributed by atoms with Crippen molar-refractivity contribution < 1.29 is 9.21 Å². The number of rotatable bonds is 4. The Bertz CT molecular complexity index is 565. The summed E-state index contributed by atoms with van der Waals surface area (Å²) in [5.74, 6) is 0.217. The Morgan fingerprint density at radius 3 is 2.47 bits per heavy atom. The van der Waals surface area contributed by atoms with Crippen molar-refractivity contribution >= 4 is 33.6 Å². The summed E-state index contributed by atoms with van der Waals surface area (Å²) in [5, 5.41) is 0. The van der Waals surface area contributed by atoms with Gasteiger partial charge in [-0.2, -0.15) is 0 Å². The van der Waals surface area contributed by atoms with Gasteiger partial charge >= 0.3 is 0 Å². The molecule has 0 bridgehead atoms. The third-order valence-corrected chi connectivity index (χ3v) is 3.88. The van der Waals surface area contributed by atoms with Gasteiger partial charge in [0.1, 0.15) is 0 Å². The predicted molar refractivity (Wildman–Crippen MR) is 80.4 cm³/mol. The van der Waals surface area contributed by atoms with E-state index in [1.54, 1.807) is 35.8 Å². The van der Waals surface area contributed by atoms with Crippen molar-refractivity contribution in [2.45, 2.75) is 11.4 Å². The van der Waals surface area contributed by atoms with E-state index in [1.807, 2.05) is 18.4 Å². The number of halogens is 1. The zero-order valence-corrected chi connectivity index (χ0v) is 13.1. The van der Waals surface area contributed by atoms with E-state index >= 15 is 0 Å². The van der Waals surface area contributed by atoms with E-state index < -0.39 is 0 Å². The Kier molecular flexibility index (Phi) is 4.71. The lowest BCUT2D eigenvalue weighted by Gasteiger charge is -2.15. The maximum absolute atomic E-state index is 12.1. The molecule has 1 heterocycles. The molecule has 0 aliphatic heterocycles. The minimum absolute atomic E-state index is 0.125. The normalized spacial score (nSPS) is 10.5. The van der Waals surface area contributed by atoms with Gasteiger partial charge in [-0.1, -0.05) is 12.1 Å². The minimum atomic E-state index is -0.125. The van der Waals surface area contributed by atoms with E-state index in [2.05, 4.69) is 28.1 Å². The molecule has 3 nitrogen and oxygen atoms in total. The molecule has 5 heteroatoms. The van der Waals surface area contributed by atoms with Gasteiger partial charge in [0.15, 0.2) is 10.4 Å². The predicted octanol–water partition coefficient (Wildman–Crippen LogP) is 4.04. The Hall–Kier alpha value is -1.20. The van der Waals surface area contributed by atoms with Crippen LogP contribution in [0.25, 0.3) is 0 Å². The van der Waals surface area contributed by atoms with E-state index in [9.17, 15) is 4.79 Å². The summed E-state index contributed by atoms with van der Waals surface area (Å²) in [4.78, 5) is 14.9. The Labute approximate surface area is 125 Å². The molecular weight excluding hydrogens is 326 g/mol. The molecule has 0 unspecified atom stereocenters. The highest BCUT2D eigenvalue weighted by atomic mass is 79.9. The van der Waals surface area contributed by atoms with Crippen molar-refractivity contribution in [1.82, 2.24) is 4.90 Å². The molecule has 1 aromatic heterocycles. The van der Waals surface area contributed by atoms with Crippen molar-refractivity contribution in [2.24, 2.45) is 0 Å². The zero-order chi connectivity index (χ0) is 13.8. The summed E-state index contributed by atoms with van der Waals surface area (Å²) in [5.41, 5.74) is 1.10. The Balaban J connectivity index is 2.03. The second-order valence-corrected chi connectivity index (χ2v) is 5.77. The number of amides is 1. The zero-order valence-electron chi connectivity index (χ0n) is 10.7. The third-order valence-electron chi connectivity index (χ3n) is 2.71. The monoisotopic (exact) mass is 339 g/mol. The molecule has 0 saturated heterocycles. The molecule has 2 rings (SSSR count). The summed E-state index contributed by atoms with van der Waals surface area (Å²) in [6.45, 7) is 0.561. The average molecular weight is 340 g/mol. The lowest BCUT2D eigenvalue weighted by Crippen LogP contribution is -2.25. The van der Waals surface area contributed by atoms with Gasteiger partial charge in [-0.3, -0.25) is 4.79 Å². The second-order valence-electron chi connectivity index (χ2n) is 4.11. The van der Waals surface area contributed by atoms with E-state index in [1.165, 1.54) is 4.90 Å². The van der Waals surface area contributed by atoms with Crippen LogP contribution in [0.5, 0.6) is 0 Å². The fourth-order valence-electron chi connectivity index (χ4n) is 1.69. The molecular formula is C14H14BrNO2S. The van der Waals surface area contributed by atoms with Crippen molar-refractivity contribution in [3.8, 4) is 0 Å². The topological polar surface area (TPSA) is 33.5 Å². The molecule has 0 aliphatic rings. The van der Waals surface area contributed by atoms with Crippen LogP contribution in [0, 0.1) is 0 Å². The Morgan fingerprint density at radius 1 is 1.26 bits per heavy atom. The first kappa shape index (κ1) is 14.2. The summed E-state index contributed by atoms with van der Waals surface area (Å²) in [7, 11) is 1.77. The van der Waals surface area contributed by atoms with E-state index in [0.717, 1.165) is 5.56 Å². The first-order valence-corrected chi connectivity index (χ1v) is 7.75. The number of thioether (sulfide) groups is 1. The fraction of sp³-hybridized carbons (Fsp3) is 0.214. The summed E-state index contributed by atoms with van der Waals surface area (Å²) < 4.78 is 5.83. The fourth-order valence-corrected chi connectivity index (χ4v) is 2.41. The first-order valence-electron chi connectivity index (χ1n) is 5.74. The molecule has 0 aliphatic carbocycles. The van der Waals surface area contributed by atoms with Crippen molar-refractivity contribution in [1.29, 1.82) is 0 Å². The smallest absolute Gasteiger partial charge is 0.289 e. The van der Waals surface area contributed by atoms with Crippen LogP contribution in [-0.2, 0) is 6.54 Å². The van der Waals surface area contributed by atoms with Gasteiger partial charge in [-0.15, -0.1) is 11.8 Å². The molecule has 0 N–H and O–H groups in total.